The van der Waals surface area contributed by atoms with Crippen molar-refractivity contribution in [2.24, 2.45) is 0 Å². The average Bonchev–Trinajstić information content (AvgIpc) is 3.45. The van der Waals surface area contributed by atoms with Crippen LogP contribution >= 0.6 is 0 Å². The number of rotatable bonds is 8. The predicted octanol–water partition coefficient (Wildman–Crippen LogP) is 5.20. The highest BCUT2D eigenvalue weighted by Crippen LogP contribution is 2.44. The van der Waals surface area contributed by atoms with Gasteiger partial charge in [0.15, 0.2) is 5.82 Å². The van der Waals surface area contributed by atoms with Gasteiger partial charge >= 0.3 is 0 Å². The van der Waals surface area contributed by atoms with E-state index in [2.05, 4.69) is 26.1 Å². The van der Waals surface area contributed by atoms with Gasteiger partial charge in [-0.1, -0.05) is 17.3 Å². The summed E-state index contributed by atoms with van der Waals surface area (Å²) >= 11 is 0. The number of aryl methyl sites for hydroxylation is 1. The van der Waals surface area contributed by atoms with Crippen LogP contribution in [0.5, 0.6) is 0 Å². The maximum absolute atomic E-state index is 13.6. The molecule has 2 aromatic carbocycles. The summed E-state index contributed by atoms with van der Waals surface area (Å²) in [7, 11) is 1.53. The summed E-state index contributed by atoms with van der Waals surface area (Å²) in [6.45, 7) is 4.23. The number of nitrogens with one attached hydrogen (secondary N) is 3. The third kappa shape index (κ3) is 4.79. The molecule has 0 aliphatic heterocycles. The van der Waals surface area contributed by atoms with Gasteiger partial charge in [0.25, 0.3) is 11.8 Å². The van der Waals surface area contributed by atoms with Gasteiger partial charge in [-0.25, -0.2) is 4.39 Å². The molecule has 11 heteroatoms. The standard InChI is InChI=1S/C30H27FN6O4/c1-4-33-25-21(15-22-23(27(39)32-3)24(40-28(22)35-25)17-8-10-20(31)11-9-17)18-6-5-7-19(14-18)26(38)36-30(12-13-30)29-34-16(2)41-37-29/h5-11,14-15H,4,12-13H2,1-3H3,(H,32,39)(H,33,35)(H,36,38). The molecular weight excluding hydrogens is 527 g/mol. The Labute approximate surface area is 234 Å². The molecule has 0 unspecified atom stereocenters. The van der Waals surface area contributed by atoms with Crippen LogP contribution in [0, 0.1) is 12.7 Å². The number of nitrogens with zero attached hydrogens (tertiary/aromatic N) is 3. The highest BCUT2D eigenvalue weighted by atomic mass is 19.1. The Morgan fingerprint density at radius 2 is 1.80 bits per heavy atom. The second-order valence-electron chi connectivity index (χ2n) is 9.91. The quantitative estimate of drug-likeness (QED) is 0.238. The zero-order chi connectivity index (χ0) is 28.7. The van der Waals surface area contributed by atoms with Gasteiger partial charge in [0.1, 0.15) is 22.9 Å². The van der Waals surface area contributed by atoms with E-state index in [1.54, 1.807) is 37.3 Å². The van der Waals surface area contributed by atoms with Crippen LogP contribution in [0.4, 0.5) is 10.2 Å². The van der Waals surface area contributed by atoms with E-state index in [9.17, 15) is 14.0 Å². The summed E-state index contributed by atoms with van der Waals surface area (Å²) in [4.78, 5) is 35.4. The number of fused-ring (bicyclic) bond motifs is 1. The normalized spacial score (nSPS) is 13.7. The van der Waals surface area contributed by atoms with E-state index < -0.39 is 11.4 Å². The lowest BCUT2D eigenvalue weighted by Crippen LogP contribution is -2.35. The fourth-order valence-corrected chi connectivity index (χ4v) is 4.84. The SMILES string of the molecule is CCNc1nc2oc(-c3ccc(F)cc3)c(C(=O)NC)c2cc1-c1cccc(C(=O)NC2(c3noc(C)n3)CC2)c1. The number of pyridine rings is 1. The topological polar surface area (TPSA) is 135 Å². The number of hydrogen-bond acceptors (Lipinski definition) is 8. The number of carbonyl (C=O) groups excluding carboxylic acids is 2. The lowest BCUT2D eigenvalue weighted by atomic mass is 9.99. The first-order valence-corrected chi connectivity index (χ1v) is 13.2. The molecule has 208 valence electrons. The fraction of sp³-hybridized carbons (Fsp3) is 0.233. The molecule has 2 amide bonds. The van der Waals surface area contributed by atoms with Gasteiger partial charge in [0.05, 0.1) is 10.9 Å². The smallest absolute Gasteiger partial charge is 0.255 e. The van der Waals surface area contributed by atoms with Crippen molar-refractivity contribution in [3.8, 4) is 22.5 Å². The molecule has 0 spiro atoms. The van der Waals surface area contributed by atoms with Crippen molar-refractivity contribution in [3.05, 3.63) is 83.3 Å². The van der Waals surface area contributed by atoms with Gasteiger partial charge in [-0.05, 0) is 67.8 Å². The number of hydrogen-bond donors (Lipinski definition) is 3. The summed E-state index contributed by atoms with van der Waals surface area (Å²) in [5.74, 6) is 0.699. The summed E-state index contributed by atoms with van der Waals surface area (Å²) in [5, 5.41) is 13.5. The van der Waals surface area contributed by atoms with E-state index in [0.717, 1.165) is 18.4 Å². The zero-order valence-electron chi connectivity index (χ0n) is 22.7. The van der Waals surface area contributed by atoms with Crippen molar-refractivity contribution in [1.29, 1.82) is 0 Å². The van der Waals surface area contributed by atoms with Gasteiger partial charge in [-0.3, -0.25) is 9.59 Å². The average molecular weight is 555 g/mol. The Balaban J connectivity index is 1.42. The van der Waals surface area contributed by atoms with Crippen molar-refractivity contribution in [2.75, 3.05) is 18.9 Å². The van der Waals surface area contributed by atoms with Gasteiger partial charge in [-0.15, -0.1) is 0 Å². The number of anilines is 1. The molecule has 10 nitrogen and oxygen atoms in total. The Hall–Kier alpha value is -5.06. The maximum Gasteiger partial charge on any atom is 0.255 e. The van der Waals surface area contributed by atoms with Crippen LogP contribution in [0.2, 0.25) is 0 Å². The Bertz CT molecular complexity index is 1790. The maximum atomic E-state index is 13.6. The molecule has 1 aliphatic carbocycles. The van der Waals surface area contributed by atoms with E-state index in [1.807, 2.05) is 19.1 Å². The van der Waals surface area contributed by atoms with Crippen LogP contribution in [0.15, 0.2) is 63.5 Å². The van der Waals surface area contributed by atoms with Crippen molar-refractivity contribution in [3.63, 3.8) is 0 Å². The van der Waals surface area contributed by atoms with E-state index in [4.69, 9.17) is 13.9 Å². The minimum Gasteiger partial charge on any atom is -0.437 e. The van der Waals surface area contributed by atoms with Crippen LogP contribution in [-0.4, -0.2) is 40.5 Å². The molecule has 0 bridgehead atoms. The van der Waals surface area contributed by atoms with Crippen molar-refractivity contribution in [1.82, 2.24) is 25.8 Å². The van der Waals surface area contributed by atoms with Crippen molar-refractivity contribution < 1.29 is 22.9 Å². The Morgan fingerprint density at radius 1 is 1.02 bits per heavy atom. The number of benzene rings is 2. The molecule has 1 saturated carbocycles. The minimum absolute atomic E-state index is 0.252. The first-order valence-electron chi connectivity index (χ1n) is 13.2. The first-order chi connectivity index (χ1) is 19.8. The predicted molar refractivity (Wildman–Crippen MR) is 150 cm³/mol. The number of carbonyl (C=O) groups is 2. The molecule has 0 radical (unpaired) electrons. The van der Waals surface area contributed by atoms with Crippen LogP contribution in [0.25, 0.3) is 33.6 Å². The molecule has 3 N–H and O–H groups in total. The van der Waals surface area contributed by atoms with Crippen LogP contribution in [0.1, 0.15) is 52.2 Å². The molecule has 3 aromatic heterocycles. The molecule has 41 heavy (non-hydrogen) atoms. The third-order valence-electron chi connectivity index (χ3n) is 7.08. The fourth-order valence-electron chi connectivity index (χ4n) is 4.84. The van der Waals surface area contributed by atoms with Gasteiger partial charge < -0.3 is 24.9 Å². The van der Waals surface area contributed by atoms with Crippen LogP contribution < -0.4 is 16.0 Å². The molecule has 0 atom stereocenters. The second-order valence-corrected chi connectivity index (χ2v) is 9.91. The molecule has 6 rings (SSSR count). The minimum atomic E-state index is -0.629. The van der Waals surface area contributed by atoms with E-state index in [-0.39, 0.29) is 28.9 Å². The summed E-state index contributed by atoms with van der Waals surface area (Å²) in [6, 6.07) is 14.7. The molecule has 5 aromatic rings. The largest absolute Gasteiger partial charge is 0.437 e. The highest BCUT2D eigenvalue weighted by Gasteiger charge is 2.50. The number of aromatic nitrogens is 3. The molecular formula is C30H27FN6O4. The Kier molecular flexibility index (Phi) is 6.49. The molecule has 1 fully saturated rings. The monoisotopic (exact) mass is 554 g/mol. The van der Waals surface area contributed by atoms with Crippen LogP contribution in [0.3, 0.4) is 0 Å². The lowest BCUT2D eigenvalue weighted by molar-refractivity contribution is 0.0926. The molecule has 1 aliphatic rings. The van der Waals surface area contributed by atoms with Gasteiger partial charge in [0.2, 0.25) is 11.6 Å². The number of furan rings is 1. The van der Waals surface area contributed by atoms with Gasteiger partial charge in [0, 0.05) is 37.2 Å². The first kappa shape index (κ1) is 26.2. The summed E-state index contributed by atoms with van der Waals surface area (Å²) < 4.78 is 24.8. The number of amides is 2. The summed E-state index contributed by atoms with van der Waals surface area (Å²) in [5.41, 5.74) is 2.29. The third-order valence-corrected chi connectivity index (χ3v) is 7.08. The second kappa shape index (κ2) is 10.2. The van der Waals surface area contributed by atoms with Crippen LogP contribution in [-0.2, 0) is 5.54 Å². The molecule has 3 heterocycles. The van der Waals surface area contributed by atoms with Crippen molar-refractivity contribution in [2.45, 2.75) is 32.2 Å². The lowest BCUT2D eigenvalue weighted by Gasteiger charge is -2.15. The van der Waals surface area contributed by atoms with E-state index in [1.165, 1.54) is 19.2 Å². The van der Waals surface area contributed by atoms with E-state index in [0.29, 0.717) is 46.2 Å². The number of halogens is 1. The van der Waals surface area contributed by atoms with Crippen molar-refractivity contribution >= 4 is 28.7 Å². The summed E-state index contributed by atoms with van der Waals surface area (Å²) in [6.07, 6.45) is 1.45. The zero-order valence-corrected chi connectivity index (χ0v) is 22.7. The highest BCUT2D eigenvalue weighted by molar-refractivity contribution is 6.11. The Morgan fingerprint density at radius 3 is 2.46 bits per heavy atom. The van der Waals surface area contributed by atoms with Gasteiger partial charge in [-0.2, -0.15) is 9.97 Å². The van der Waals surface area contributed by atoms with E-state index >= 15 is 0 Å². The molecule has 0 saturated heterocycles.